The molecule has 110 valence electrons. The Morgan fingerprint density at radius 2 is 1.85 bits per heavy atom. The van der Waals surface area contributed by atoms with Gasteiger partial charge in [0, 0.05) is 10.6 Å². The van der Waals surface area contributed by atoms with E-state index in [1.165, 1.54) is 0 Å². The van der Waals surface area contributed by atoms with Crippen LogP contribution in [0.4, 0.5) is 0 Å². The molecule has 0 bridgehead atoms. The summed E-state index contributed by atoms with van der Waals surface area (Å²) in [5.41, 5.74) is 0.100. The zero-order valence-corrected chi connectivity index (χ0v) is 13.8. The van der Waals surface area contributed by atoms with Crippen LogP contribution in [0.15, 0.2) is 18.2 Å². The Bertz CT molecular complexity index is 505. The standard InChI is InChI=1S/C16H21Cl2NO/c1-11-6-8-16(9-7-11,19(2)3)15(20)13-10-12(17)4-5-14(13)18/h4-5,10-11H,6-9H2,1-3H3. The number of ketones is 1. The Hall–Kier alpha value is -0.570. The SMILES string of the molecule is CC1CCC(C(=O)c2cc(Cl)ccc2Cl)(N(C)C)CC1. The van der Waals surface area contributed by atoms with Gasteiger partial charge in [0.2, 0.25) is 0 Å². The van der Waals surface area contributed by atoms with Crippen LogP contribution in [-0.4, -0.2) is 30.3 Å². The van der Waals surface area contributed by atoms with Gasteiger partial charge in [-0.05, 0) is 63.9 Å². The zero-order valence-electron chi connectivity index (χ0n) is 12.2. The second kappa shape index (κ2) is 6.05. The molecule has 4 heteroatoms. The maximum Gasteiger partial charge on any atom is 0.184 e. The lowest BCUT2D eigenvalue weighted by Crippen LogP contribution is -2.53. The van der Waals surface area contributed by atoms with Crippen molar-refractivity contribution in [1.82, 2.24) is 4.90 Å². The highest BCUT2D eigenvalue weighted by Crippen LogP contribution is 2.39. The van der Waals surface area contributed by atoms with Crippen LogP contribution in [0.3, 0.4) is 0 Å². The summed E-state index contributed by atoms with van der Waals surface area (Å²) in [4.78, 5) is 15.1. The zero-order chi connectivity index (χ0) is 14.9. The van der Waals surface area contributed by atoms with Crippen LogP contribution in [0.2, 0.25) is 10.0 Å². The fraction of sp³-hybridized carbons (Fsp3) is 0.562. The third kappa shape index (κ3) is 2.88. The van der Waals surface area contributed by atoms with Gasteiger partial charge >= 0.3 is 0 Å². The van der Waals surface area contributed by atoms with Gasteiger partial charge in [0.25, 0.3) is 0 Å². The Morgan fingerprint density at radius 1 is 1.25 bits per heavy atom. The molecule has 2 rings (SSSR count). The van der Waals surface area contributed by atoms with Crippen molar-refractivity contribution in [2.45, 2.75) is 38.1 Å². The normalized spacial score (nSPS) is 26.8. The first-order chi connectivity index (χ1) is 9.36. The predicted octanol–water partition coefficient (Wildman–Crippen LogP) is 4.69. The molecule has 0 spiro atoms. The lowest BCUT2D eigenvalue weighted by Gasteiger charge is -2.43. The molecule has 0 unspecified atom stereocenters. The number of carbonyl (C=O) groups excluding carboxylic acids is 1. The van der Waals surface area contributed by atoms with Gasteiger partial charge in [-0.2, -0.15) is 0 Å². The molecule has 0 atom stereocenters. The molecule has 0 aliphatic heterocycles. The number of hydrogen-bond acceptors (Lipinski definition) is 2. The van der Waals surface area contributed by atoms with Crippen LogP contribution in [0.25, 0.3) is 0 Å². The fourth-order valence-electron chi connectivity index (χ4n) is 3.04. The summed E-state index contributed by atoms with van der Waals surface area (Å²) < 4.78 is 0. The maximum atomic E-state index is 13.1. The first-order valence-electron chi connectivity index (χ1n) is 7.04. The molecule has 1 saturated carbocycles. The Balaban J connectivity index is 2.39. The van der Waals surface area contributed by atoms with E-state index in [0.29, 0.717) is 21.5 Å². The number of halogens is 2. The van der Waals surface area contributed by atoms with Crippen molar-refractivity contribution in [3.63, 3.8) is 0 Å². The van der Waals surface area contributed by atoms with E-state index in [4.69, 9.17) is 23.2 Å². The van der Waals surface area contributed by atoms with E-state index < -0.39 is 5.54 Å². The number of Topliss-reactive ketones (excluding diaryl/α,β-unsaturated/α-hetero) is 1. The van der Waals surface area contributed by atoms with E-state index >= 15 is 0 Å². The molecular weight excluding hydrogens is 293 g/mol. The minimum absolute atomic E-state index is 0.0990. The maximum absolute atomic E-state index is 13.1. The molecule has 20 heavy (non-hydrogen) atoms. The van der Waals surface area contributed by atoms with Gasteiger partial charge in [0.15, 0.2) is 5.78 Å². The Labute approximate surface area is 131 Å². The first-order valence-corrected chi connectivity index (χ1v) is 7.80. The molecular formula is C16H21Cl2NO. The van der Waals surface area contributed by atoms with Crippen LogP contribution in [-0.2, 0) is 0 Å². The average molecular weight is 314 g/mol. The molecule has 0 saturated heterocycles. The number of benzene rings is 1. The Kier molecular flexibility index (Phi) is 4.78. The lowest BCUT2D eigenvalue weighted by atomic mass is 9.72. The molecule has 0 amide bonds. The van der Waals surface area contributed by atoms with Gasteiger partial charge in [-0.25, -0.2) is 0 Å². The summed E-state index contributed by atoms with van der Waals surface area (Å²) in [5.74, 6) is 0.785. The number of hydrogen-bond donors (Lipinski definition) is 0. The highest BCUT2D eigenvalue weighted by atomic mass is 35.5. The number of carbonyl (C=O) groups is 1. The largest absolute Gasteiger partial charge is 0.297 e. The number of nitrogens with zero attached hydrogens (tertiary/aromatic N) is 1. The highest BCUT2D eigenvalue weighted by Gasteiger charge is 2.43. The summed E-state index contributed by atoms with van der Waals surface area (Å²) in [7, 11) is 3.96. The van der Waals surface area contributed by atoms with Crippen molar-refractivity contribution in [1.29, 1.82) is 0 Å². The van der Waals surface area contributed by atoms with Crippen molar-refractivity contribution in [2.24, 2.45) is 5.92 Å². The monoisotopic (exact) mass is 313 g/mol. The molecule has 0 radical (unpaired) electrons. The molecule has 1 aromatic rings. The van der Waals surface area contributed by atoms with Gasteiger partial charge in [0.05, 0.1) is 10.6 Å². The van der Waals surface area contributed by atoms with Gasteiger partial charge in [-0.15, -0.1) is 0 Å². The van der Waals surface area contributed by atoms with E-state index in [1.54, 1.807) is 18.2 Å². The van der Waals surface area contributed by atoms with Crippen molar-refractivity contribution in [3.8, 4) is 0 Å². The topological polar surface area (TPSA) is 20.3 Å². The van der Waals surface area contributed by atoms with E-state index in [0.717, 1.165) is 25.7 Å². The summed E-state index contributed by atoms with van der Waals surface area (Å²) in [6.07, 6.45) is 3.90. The minimum Gasteiger partial charge on any atom is -0.297 e. The van der Waals surface area contributed by atoms with E-state index in [-0.39, 0.29) is 5.78 Å². The summed E-state index contributed by atoms with van der Waals surface area (Å²) >= 11 is 12.2. The van der Waals surface area contributed by atoms with Gasteiger partial charge in [0.1, 0.15) is 0 Å². The molecule has 1 fully saturated rings. The van der Waals surface area contributed by atoms with Crippen molar-refractivity contribution in [3.05, 3.63) is 33.8 Å². The molecule has 0 aromatic heterocycles. The molecule has 1 aliphatic rings. The quantitative estimate of drug-likeness (QED) is 0.755. The summed E-state index contributed by atoms with van der Waals surface area (Å²) in [5, 5.41) is 1.04. The predicted molar refractivity (Wildman–Crippen MR) is 84.8 cm³/mol. The van der Waals surface area contributed by atoms with Crippen molar-refractivity contribution < 1.29 is 4.79 Å². The smallest absolute Gasteiger partial charge is 0.184 e. The van der Waals surface area contributed by atoms with Gasteiger partial charge in [-0.1, -0.05) is 30.1 Å². The van der Waals surface area contributed by atoms with E-state index in [1.807, 2.05) is 14.1 Å². The molecule has 1 aliphatic carbocycles. The summed E-state index contributed by atoms with van der Waals surface area (Å²) in [6.45, 7) is 2.25. The summed E-state index contributed by atoms with van der Waals surface area (Å²) in [6, 6.07) is 5.10. The minimum atomic E-state index is -0.444. The van der Waals surface area contributed by atoms with Gasteiger partial charge in [-0.3, -0.25) is 9.69 Å². The molecule has 0 N–H and O–H groups in total. The van der Waals surface area contributed by atoms with Crippen LogP contribution in [0.1, 0.15) is 43.0 Å². The van der Waals surface area contributed by atoms with Crippen molar-refractivity contribution in [2.75, 3.05) is 14.1 Å². The molecule has 1 aromatic carbocycles. The first kappa shape index (κ1) is 15.8. The van der Waals surface area contributed by atoms with Crippen LogP contribution >= 0.6 is 23.2 Å². The highest BCUT2D eigenvalue weighted by molar-refractivity contribution is 6.36. The second-order valence-corrected chi connectivity index (χ2v) is 6.91. The number of rotatable bonds is 3. The van der Waals surface area contributed by atoms with Crippen LogP contribution < -0.4 is 0 Å². The van der Waals surface area contributed by atoms with Crippen LogP contribution in [0.5, 0.6) is 0 Å². The molecule has 0 heterocycles. The number of likely N-dealkylation sites (N-methyl/N-ethyl adjacent to an activating group) is 1. The average Bonchev–Trinajstić information content (AvgIpc) is 2.41. The van der Waals surface area contributed by atoms with Gasteiger partial charge < -0.3 is 0 Å². The third-order valence-corrected chi connectivity index (χ3v) is 5.12. The molecule has 2 nitrogen and oxygen atoms in total. The Morgan fingerprint density at radius 3 is 2.40 bits per heavy atom. The van der Waals surface area contributed by atoms with Crippen LogP contribution in [0, 0.1) is 5.92 Å². The lowest BCUT2D eigenvalue weighted by molar-refractivity contribution is 0.0513. The van der Waals surface area contributed by atoms with E-state index in [2.05, 4.69) is 11.8 Å². The second-order valence-electron chi connectivity index (χ2n) is 6.06. The fourth-order valence-corrected chi connectivity index (χ4v) is 3.41. The third-order valence-electron chi connectivity index (χ3n) is 4.55. The van der Waals surface area contributed by atoms with E-state index in [9.17, 15) is 4.79 Å². The van der Waals surface area contributed by atoms with Crippen molar-refractivity contribution >= 4 is 29.0 Å².